The minimum Gasteiger partial charge on any atom is -0.487 e. The maximum atomic E-state index is 13.6. The number of carbonyl (C=O) groups is 1. The van der Waals surface area contributed by atoms with Gasteiger partial charge >= 0.3 is 5.97 Å². The van der Waals surface area contributed by atoms with E-state index in [9.17, 15) is 13.2 Å². The first-order chi connectivity index (χ1) is 17.1. The number of hydrogen-bond donors (Lipinski definition) is 1. The normalized spacial score (nSPS) is 11.9. The molecule has 0 aliphatic rings. The van der Waals surface area contributed by atoms with Gasteiger partial charge < -0.3 is 14.3 Å². The highest BCUT2D eigenvalue weighted by molar-refractivity contribution is 7.92. The summed E-state index contributed by atoms with van der Waals surface area (Å²) in [5, 5.41) is 10.5. The smallest absolute Gasteiger partial charge is 0.328 e. The van der Waals surface area contributed by atoms with E-state index in [0.29, 0.717) is 17.2 Å². The fourth-order valence-corrected chi connectivity index (χ4v) is 5.51. The quantitative estimate of drug-likeness (QED) is 0.279. The first-order valence-electron chi connectivity index (χ1n) is 11.4. The Kier molecular flexibility index (Phi) is 7.17. The van der Waals surface area contributed by atoms with Crippen LogP contribution in [0, 0.1) is 6.92 Å². The highest BCUT2D eigenvalue weighted by Crippen LogP contribution is 2.38. The summed E-state index contributed by atoms with van der Waals surface area (Å²) in [5.41, 5.74) is 2.01. The number of aryl methyl sites for hydroxylation is 1. The Hall–Kier alpha value is -4.04. The van der Waals surface area contributed by atoms with Crippen molar-refractivity contribution in [3.63, 3.8) is 0 Å². The van der Waals surface area contributed by atoms with Crippen molar-refractivity contribution in [3.8, 4) is 5.75 Å². The van der Waals surface area contributed by atoms with Gasteiger partial charge in [0.05, 0.1) is 5.69 Å². The molecule has 0 bridgehead atoms. The molecule has 0 spiro atoms. The molecule has 0 saturated heterocycles. The van der Waals surface area contributed by atoms with Crippen LogP contribution in [-0.2, 0) is 21.4 Å². The lowest BCUT2D eigenvalue weighted by molar-refractivity contribution is -0.131. The number of benzene rings is 3. The molecule has 4 aromatic rings. The van der Waals surface area contributed by atoms with E-state index >= 15 is 0 Å². The number of fused-ring (bicyclic) bond motifs is 1. The molecule has 1 aromatic heterocycles. The van der Waals surface area contributed by atoms with E-state index in [1.807, 2.05) is 48.5 Å². The van der Waals surface area contributed by atoms with Crippen LogP contribution < -0.4 is 9.04 Å². The molecule has 3 aromatic carbocycles. The highest BCUT2D eigenvalue weighted by atomic mass is 32.2. The summed E-state index contributed by atoms with van der Waals surface area (Å²) < 4.78 is 40.3. The van der Waals surface area contributed by atoms with Gasteiger partial charge in [-0.05, 0) is 73.0 Å². The molecule has 0 aliphatic heterocycles. The van der Waals surface area contributed by atoms with E-state index in [2.05, 4.69) is 0 Å². The average molecular weight is 506 g/mol. The third-order valence-corrected chi connectivity index (χ3v) is 7.42. The van der Waals surface area contributed by atoms with Gasteiger partial charge in [0.1, 0.15) is 18.1 Å². The highest BCUT2D eigenvalue weighted by Gasteiger charge is 2.32. The number of carboxylic acid groups (broad SMARTS) is 1. The summed E-state index contributed by atoms with van der Waals surface area (Å²) in [6.07, 6.45) is 2.59. The average Bonchev–Trinajstić information content (AvgIpc) is 3.29. The van der Waals surface area contributed by atoms with Crippen LogP contribution in [0.4, 0.5) is 5.69 Å². The fraction of sp³-hybridized carbons (Fsp3) is 0.179. The molecular formula is C28H27NO6S. The Labute approximate surface area is 210 Å². The third-order valence-electron chi connectivity index (χ3n) is 5.56. The molecule has 36 heavy (non-hydrogen) atoms. The summed E-state index contributed by atoms with van der Waals surface area (Å²) >= 11 is 0. The van der Waals surface area contributed by atoms with E-state index in [-0.39, 0.29) is 11.7 Å². The van der Waals surface area contributed by atoms with Gasteiger partial charge in [0, 0.05) is 12.1 Å². The Bertz CT molecular complexity index is 1520. The lowest BCUT2D eigenvalue weighted by Gasteiger charge is -2.29. The van der Waals surface area contributed by atoms with Crippen molar-refractivity contribution in [1.82, 2.24) is 0 Å². The lowest BCUT2D eigenvalue weighted by Crippen LogP contribution is -2.37. The predicted molar refractivity (Wildman–Crippen MR) is 140 cm³/mol. The summed E-state index contributed by atoms with van der Waals surface area (Å²) in [6, 6.07) is 21.3. The van der Waals surface area contributed by atoms with Crippen molar-refractivity contribution in [1.29, 1.82) is 0 Å². The largest absolute Gasteiger partial charge is 0.487 e. The van der Waals surface area contributed by atoms with E-state index in [1.54, 1.807) is 39.0 Å². The minimum absolute atomic E-state index is 0.127. The van der Waals surface area contributed by atoms with Crippen LogP contribution >= 0.6 is 0 Å². The maximum Gasteiger partial charge on any atom is 0.328 e. The van der Waals surface area contributed by atoms with Crippen molar-refractivity contribution in [2.24, 2.45) is 0 Å². The molecule has 0 saturated carbocycles. The molecule has 0 atom stereocenters. The van der Waals surface area contributed by atoms with E-state index in [1.165, 1.54) is 16.4 Å². The molecule has 8 heteroatoms. The Balaban J connectivity index is 1.72. The van der Waals surface area contributed by atoms with Gasteiger partial charge in [-0.15, -0.1) is 0 Å². The van der Waals surface area contributed by atoms with E-state index < -0.39 is 22.0 Å². The number of anilines is 1. The zero-order chi connectivity index (χ0) is 25.9. The van der Waals surface area contributed by atoms with Crippen LogP contribution in [0.5, 0.6) is 5.75 Å². The van der Waals surface area contributed by atoms with Gasteiger partial charge in [-0.25, -0.2) is 4.79 Å². The number of furan rings is 1. The molecule has 0 unspecified atom stereocenters. The monoisotopic (exact) mass is 505 g/mol. The summed E-state index contributed by atoms with van der Waals surface area (Å²) in [6.45, 7) is 5.50. The zero-order valence-electron chi connectivity index (χ0n) is 20.2. The van der Waals surface area contributed by atoms with Gasteiger partial charge in [0.2, 0.25) is 5.09 Å². The number of ether oxygens (including phenoxy) is 1. The van der Waals surface area contributed by atoms with Crippen molar-refractivity contribution in [3.05, 3.63) is 95.8 Å². The molecule has 0 radical (unpaired) electrons. The van der Waals surface area contributed by atoms with Crippen LogP contribution in [0.25, 0.3) is 16.8 Å². The predicted octanol–water partition coefficient (Wildman–Crippen LogP) is 6.02. The van der Waals surface area contributed by atoms with Gasteiger partial charge in [-0.2, -0.15) is 8.42 Å². The molecule has 0 aliphatic carbocycles. The standard InChI is InChI=1S/C28H27NO6S/c1-19(2)29(36(32,33)28-15-8-20(3)35-28)25-16-23-6-4-5-7-24(23)17-26(25)34-18-22-11-9-21(10-12-22)13-14-27(30)31/h4-17,19H,18H2,1-3H3,(H,30,31). The van der Waals surface area contributed by atoms with Gasteiger partial charge in [0.25, 0.3) is 10.0 Å². The summed E-state index contributed by atoms with van der Waals surface area (Å²) in [4.78, 5) is 10.7. The van der Waals surface area contributed by atoms with Crippen LogP contribution in [0.15, 0.2) is 88.4 Å². The van der Waals surface area contributed by atoms with Gasteiger partial charge in [0.15, 0.2) is 0 Å². The second-order valence-electron chi connectivity index (χ2n) is 8.63. The first kappa shape index (κ1) is 25.1. The minimum atomic E-state index is -3.99. The van der Waals surface area contributed by atoms with Gasteiger partial charge in [-0.3, -0.25) is 4.31 Å². The van der Waals surface area contributed by atoms with Crippen LogP contribution in [0.2, 0.25) is 0 Å². The second-order valence-corrected chi connectivity index (χ2v) is 10.4. The number of sulfonamides is 1. The molecule has 7 nitrogen and oxygen atoms in total. The Morgan fingerprint density at radius 3 is 2.28 bits per heavy atom. The fourth-order valence-electron chi connectivity index (χ4n) is 3.88. The van der Waals surface area contributed by atoms with E-state index in [4.69, 9.17) is 14.3 Å². The molecule has 1 heterocycles. The van der Waals surface area contributed by atoms with Crippen molar-refractivity contribution in [2.75, 3.05) is 4.31 Å². The molecule has 0 fully saturated rings. The van der Waals surface area contributed by atoms with Crippen LogP contribution in [0.1, 0.15) is 30.7 Å². The van der Waals surface area contributed by atoms with Crippen molar-refractivity contribution >= 4 is 38.5 Å². The lowest BCUT2D eigenvalue weighted by atomic mass is 10.1. The van der Waals surface area contributed by atoms with Crippen molar-refractivity contribution < 1.29 is 27.5 Å². The van der Waals surface area contributed by atoms with Crippen LogP contribution in [0.3, 0.4) is 0 Å². The molecule has 4 rings (SSSR count). The number of carboxylic acids is 1. The van der Waals surface area contributed by atoms with Crippen molar-refractivity contribution in [2.45, 2.75) is 38.5 Å². The Morgan fingerprint density at radius 1 is 1.03 bits per heavy atom. The maximum absolute atomic E-state index is 13.6. The number of rotatable bonds is 9. The number of aliphatic carboxylic acids is 1. The molecule has 186 valence electrons. The number of nitrogens with zero attached hydrogens (tertiary/aromatic N) is 1. The summed E-state index contributed by atoms with van der Waals surface area (Å²) in [7, 11) is -3.99. The molecular weight excluding hydrogens is 478 g/mol. The van der Waals surface area contributed by atoms with Crippen LogP contribution in [-0.4, -0.2) is 25.5 Å². The zero-order valence-corrected chi connectivity index (χ0v) is 21.0. The molecule has 1 N–H and O–H groups in total. The van der Waals surface area contributed by atoms with Gasteiger partial charge in [-0.1, -0.05) is 48.5 Å². The van der Waals surface area contributed by atoms with E-state index in [0.717, 1.165) is 28.0 Å². The summed E-state index contributed by atoms with van der Waals surface area (Å²) in [5.74, 6) is -0.0846. The topological polar surface area (TPSA) is 97.0 Å². The Morgan fingerprint density at radius 2 is 1.69 bits per heavy atom. The third kappa shape index (κ3) is 5.44. The molecule has 0 amide bonds. The SMILES string of the molecule is Cc1ccc(S(=O)(=O)N(c2cc3ccccc3cc2OCc2ccc(C=CC(=O)O)cc2)C(C)C)o1. The second kappa shape index (κ2) is 10.3. The number of hydrogen-bond acceptors (Lipinski definition) is 5. The first-order valence-corrected chi connectivity index (χ1v) is 12.9.